The lowest BCUT2D eigenvalue weighted by Crippen LogP contribution is -2.30. The zero-order valence-electron chi connectivity index (χ0n) is 21.6. The summed E-state index contributed by atoms with van der Waals surface area (Å²) in [4.78, 5) is 57.7. The number of anilines is 1. The first kappa shape index (κ1) is 27.1. The fraction of sp³-hybridized carbons (Fsp3) is 0.156. The van der Waals surface area contributed by atoms with Crippen LogP contribution in [0.15, 0.2) is 89.4 Å². The predicted molar refractivity (Wildman–Crippen MR) is 159 cm³/mol. The molecule has 0 saturated carbocycles. The number of carbonyl (C=O) groups is 4. The van der Waals surface area contributed by atoms with Crippen molar-refractivity contribution in [1.82, 2.24) is 4.98 Å². The smallest absolute Gasteiger partial charge is 0.339 e. The van der Waals surface area contributed by atoms with E-state index in [2.05, 4.69) is 20.9 Å². The molecule has 0 N–H and O–H groups in total. The van der Waals surface area contributed by atoms with Crippen LogP contribution >= 0.6 is 27.5 Å². The molecule has 1 saturated heterocycles. The molecule has 0 unspecified atom stereocenters. The Balaban J connectivity index is 1.29. The van der Waals surface area contributed by atoms with Crippen LogP contribution in [0.3, 0.4) is 0 Å². The summed E-state index contributed by atoms with van der Waals surface area (Å²) in [5, 5.41) is 0.842. The first-order chi connectivity index (χ1) is 19.8. The number of rotatable bonds is 6. The molecule has 1 fully saturated rings. The number of imide groups is 1. The summed E-state index contributed by atoms with van der Waals surface area (Å²) in [7, 11) is 0. The topological polar surface area (TPSA) is 93.6 Å². The highest BCUT2D eigenvalue weighted by Gasteiger charge is 2.47. The average molecular weight is 630 g/mol. The van der Waals surface area contributed by atoms with E-state index < -0.39 is 12.6 Å². The first-order valence-electron chi connectivity index (χ1n) is 13.0. The van der Waals surface area contributed by atoms with Gasteiger partial charge in [-0.15, -0.1) is 0 Å². The number of hydrogen-bond acceptors (Lipinski definition) is 6. The summed E-state index contributed by atoms with van der Waals surface area (Å²) in [5.41, 5.74) is 2.62. The summed E-state index contributed by atoms with van der Waals surface area (Å²) >= 11 is 9.79. The van der Waals surface area contributed by atoms with Crippen LogP contribution in [0.5, 0.6) is 0 Å². The van der Waals surface area contributed by atoms with Crippen molar-refractivity contribution >= 4 is 67.7 Å². The first-order valence-corrected chi connectivity index (χ1v) is 14.2. The van der Waals surface area contributed by atoms with Crippen LogP contribution in [0.2, 0.25) is 5.02 Å². The molecule has 1 aliphatic carbocycles. The molecule has 2 amide bonds. The number of carbonyl (C=O) groups excluding carboxylic acids is 4. The van der Waals surface area contributed by atoms with Gasteiger partial charge in [-0.2, -0.15) is 0 Å². The Morgan fingerprint density at radius 2 is 1.59 bits per heavy atom. The maximum absolute atomic E-state index is 13.2. The molecule has 41 heavy (non-hydrogen) atoms. The van der Waals surface area contributed by atoms with Crippen molar-refractivity contribution in [3.8, 4) is 11.3 Å². The molecule has 204 valence electrons. The van der Waals surface area contributed by atoms with E-state index in [0.29, 0.717) is 51.3 Å². The molecule has 7 nitrogen and oxygen atoms in total. The van der Waals surface area contributed by atoms with E-state index in [1.807, 2.05) is 12.2 Å². The van der Waals surface area contributed by atoms with Gasteiger partial charge in [0.2, 0.25) is 11.8 Å². The summed E-state index contributed by atoms with van der Waals surface area (Å²) in [6, 6.07) is 20.4. The van der Waals surface area contributed by atoms with Gasteiger partial charge in [0.25, 0.3) is 0 Å². The van der Waals surface area contributed by atoms with E-state index in [9.17, 15) is 19.2 Å². The van der Waals surface area contributed by atoms with Crippen molar-refractivity contribution in [2.45, 2.75) is 12.8 Å². The molecular formula is C32H22BrClN2O5. The van der Waals surface area contributed by atoms with Gasteiger partial charge < -0.3 is 4.74 Å². The zero-order chi connectivity index (χ0) is 28.7. The third-order valence-electron chi connectivity index (χ3n) is 7.44. The lowest BCUT2D eigenvalue weighted by molar-refractivity contribution is -0.122. The van der Waals surface area contributed by atoms with Gasteiger partial charge in [0.05, 0.1) is 39.3 Å². The number of allylic oxidation sites excluding steroid dienone is 2. The van der Waals surface area contributed by atoms with Gasteiger partial charge in [-0.25, -0.2) is 9.78 Å². The molecule has 1 aliphatic heterocycles. The maximum Gasteiger partial charge on any atom is 0.339 e. The van der Waals surface area contributed by atoms with Gasteiger partial charge in [-0.1, -0.05) is 76.1 Å². The molecule has 6 rings (SSSR count). The molecule has 9 heteroatoms. The van der Waals surface area contributed by atoms with Crippen molar-refractivity contribution < 1.29 is 23.9 Å². The second kappa shape index (κ2) is 11.0. The Kier molecular flexibility index (Phi) is 7.28. The van der Waals surface area contributed by atoms with E-state index in [-0.39, 0.29) is 35.0 Å². The van der Waals surface area contributed by atoms with Crippen molar-refractivity contribution in [1.29, 1.82) is 0 Å². The largest absolute Gasteiger partial charge is 0.454 e. The number of amides is 2. The third-order valence-corrected chi connectivity index (χ3v) is 8.27. The van der Waals surface area contributed by atoms with E-state index in [1.54, 1.807) is 72.8 Å². The minimum Gasteiger partial charge on any atom is -0.454 e. The number of hydrogen-bond donors (Lipinski definition) is 0. The van der Waals surface area contributed by atoms with Crippen LogP contribution in [-0.4, -0.2) is 35.2 Å². The second-order valence-electron chi connectivity index (χ2n) is 9.91. The minimum absolute atomic E-state index is 0.185. The van der Waals surface area contributed by atoms with Crippen LogP contribution in [0.1, 0.15) is 33.6 Å². The summed E-state index contributed by atoms with van der Waals surface area (Å²) in [6.07, 6.45) is 5.04. The maximum atomic E-state index is 13.2. The SMILES string of the molecule is O=C(COC(=O)c1cc(-c2ccc(N3C(=O)[C@H]4CC=CC[C@@H]4C3=O)cc2)nc2c(Cl)cccc12)c1ccc(Br)cc1. The lowest BCUT2D eigenvalue weighted by Gasteiger charge is -2.16. The minimum atomic E-state index is -0.688. The number of ketones is 1. The summed E-state index contributed by atoms with van der Waals surface area (Å²) in [5.74, 6) is -2.03. The molecule has 1 aromatic heterocycles. The standard InChI is InChI=1S/C32H22BrClN2O5/c33-20-12-8-19(9-13-20)28(37)17-41-32(40)25-16-27(35-29-22(25)6-3-7-26(29)34)18-10-14-21(15-11-18)36-30(38)23-4-1-2-5-24(23)31(36)39/h1-3,6-16,23-24H,4-5,17H2/t23-,24-/m0/s1. The highest BCUT2D eigenvalue weighted by Crippen LogP contribution is 2.38. The number of para-hydroxylation sites is 1. The number of ether oxygens (including phenoxy) is 1. The summed E-state index contributed by atoms with van der Waals surface area (Å²) in [6.45, 7) is -0.426. The fourth-order valence-electron chi connectivity index (χ4n) is 5.29. The van der Waals surface area contributed by atoms with Crippen LogP contribution < -0.4 is 4.90 Å². The Bertz CT molecular complexity index is 1720. The predicted octanol–water partition coefficient (Wildman–Crippen LogP) is 6.81. The van der Waals surface area contributed by atoms with E-state index >= 15 is 0 Å². The molecule has 0 radical (unpaired) electrons. The van der Waals surface area contributed by atoms with Crippen molar-refractivity contribution in [2.75, 3.05) is 11.5 Å². The number of esters is 1. The van der Waals surface area contributed by atoms with Gasteiger partial charge in [-0.05, 0) is 49.2 Å². The van der Waals surface area contributed by atoms with Crippen molar-refractivity contribution in [3.05, 3.63) is 106 Å². The molecule has 2 heterocycles. The molecule has 2 atom stereocenters. The Hall–Kier alpha value is -4.14. The fourth-order valence-corrected chi connectivity index (χ4v) is 5.78. The molecular weight excluding hydrogens is 608 g/mol. The van der Waals surface area contributed by atoms with Crippen LogP contribution in [0, 0.1) is 11.8 Å². The molecule has 2 aliphatic rings. The van der Waals surface area contributed by atoms with Crippen molar-refractivity contribution in [2.24, 2.45) is 11.8 Å². The van der Waals surface area contributed by atoms with Crippen molar-refractivity contribution in [3.63, 3.8) is 0 Å². The van der Waals surface area contributed by atoms with Gasteiger partial charge in [-0.3, -0.25) is 19.3 Å². The van der Waals surface area contributed by atoms with Gasteiger partial charge in [0.1, 0.15) is 0 Å². The Labute approximate surface area is 248 Å². The molecule has 0 bridgehead atoms. The number of benzene rings is 3. The molecule has 4 aromatic rings. The van der Waals surface area contributed by atoms with Gasteiger partial charge in [0.15, 0.2) is 12.4 Å². The molecule has 3 aromatic carbocycles. The number of pyridine rings is 1. The van der Waals surface area contributed by atoms with Gasteiger partial charge in [0, 0.05) is 21.0 Å². The lowest BCUT2D eigenvalue weighted by atomic mass is 9.85. The average Bonchev–Trinajstić information content (AvgIpc) is 3.25. The summed E-state index contributed by atoms with van der Waals surface area (Å²) < 4.78 is 6.25. The van der Waals surface area contributed by atoms with Crippen LogP contribution in [0.25, 0.3) is 22.2 Å². The Morgan fingerprint density at radius 3 is 2.24 bits per heavy atom. The number of halogens is 2. The van der Waals surface area contributed by atoms with Crippen LogP contribution in [-0.2, 0) is 14.3 Å². The molecule has 0 spiro atoms. The highest BCUT2D eigenvalue weighted by atomic mass is 79.9. The number of Topliss-reactive ketones (excluding diaryl/α,β-unsaturated/α-hetero) is 1. The zero-order valence-corrected chi connectivity index (χ0v) is 23.9. The van der Waals surface area contributed by atoms with E-state index in [1.165, 1.54) is 4.90 Å². The van der Waals surface area contributed by atoms with E-state index in [4.69, 9.17) is 16.3 Å². The number of fused-ring (bicyclic) bond motifs is 2. The number of nitrogens with zero attached hydrogens (tertiary/aromatic N) is 2. The highest BCUT2D eigenvalue weighted by molar-refractivity contribution is 9.10. The normalized spacial score (nSPS) is 18.0. The monoisotopic (exact) mass is 628 g/mol. The van der Waals surface area contributed by atoms with Gasteiger partial charge >= 0.3 is 5.97 Å². The Morgan fingerprint density at radius 1 is 0.927 bits per heavy atom. The quantitative estimate of drug-likeness (QED) is 0.101. The third kappa shape index (κ3) is 5.09. The van der Waals surface area contributed by atoms with E-state index in [0.717, 1.165) is 4.47 Å². The second-order valence-corrected chi connectivity index (χ2v) is 11.2. The van der Waals surface area contributed by atoms with Crippen LogP contribution in [0.4, 0.5) is 5.69 Å². The number of aromatic nitrogens is 1.